The monoisotopic (exact) mass is 179 g/mol. The van der Waals surface area contributed by atoms with Gasteiger partial charge in [0.05, 0.1) is 0 Å². The van der Waals surface area contributed by atoms with E-state index in [-0.39, 0.29) is 0 Å². The van der Waals surface area contributed by atoms with Crippen molar-refractivity contribution >= 4 is 0 Å². The fourth-order valence-corrected chi connectivity index (χ4v) is 1.84. The minimum atomic E-state index is 0.407. The van der Waals surface area contributed by atoms with Gasteiger partial charge in [0.2, 0.25) is 0 Å². The maximum absolute atomic E-state index is 5.83. The Balaban J connectivity index is 1.74. The predicted molar refractivity (Wildman–Crippen MR) is 53.5 cm³/mol. The molecule has 1 aromatic rings. The lowest BCUT2D eigenvalue weighted by atomic mass is 10.3. The molecule has 1 saturated heterocycles. The summed E-state index contributed by atoms with van der Waals surface area (Å²) in [5.41, 5.74) is 5.83. The number of likely N-dealkylation sites (tertiary alicyclic amines) is 1. The summed E-state index contributed by atoms with van der Waals surface area (Å²) in [7, 11) is 0. The van der Waals surface area contributed by atoms with Crippen molar-refractivity contribution in [3.8, 4) is 0 Å². The summed E-state index contributed by atoms with van der Waals surface area (Å²) in [6, 6.07) is 4.54. The molecule has 1 aliphatic rings. The van der Waals surface area contributed by atoms with Gasteiger partial charge in [-0.15, -0.1) is 0 Å². The van der Waals surface area contributed by atoms with Crippen LogP contribution in [0.4, 0.5) is 0 Å². The summed E-state index contributed by atoms with van der Waals surface area (Å²) in [6.07, 6.45) is 5.37. The van der Waals surface area contributed by atoms with E-state index in [1.54, 1.807) is 0 Å². The third-order valence-corrected chi connectivity index (χ3v) is 2.65. The van der Waals surface area contributed by atoms with Gasteiger partial charge in [0.25, 0.3) is 0 Å². The molecular formula is C10H17N3. The van der Waals surface area contributed by atoms with E-state index < -0.39 is 0 Å². The first kappa shape index (κ1) is 8.78. The van der Waals surface area contributed by atoms with Crippen LogP contribution in [0.15, 0.2) is 24.5 Å². The highest BCUT2D eigenvalue weighted by Crippen LogP contribution is 2.06. The summed E-state index contributed by atoms with van der Waals surface area (Å²) in [6.45, 7) is 4.45. The molecule has 2 rings (SSSR count). The molecule has 1 fully saturated rings. The van der Waals surface area contributed by atoms with Crippen LogP contribution in [0.3, 0.4) is 0 Å². The molecule has 2 N–H and O–H groups in total. The second kappa shape index (κ2) is 3.94. The molecule has 1 aliphatic heterocycles. The van der Waals surface area contributed by atoms with Gasteiger partial charge in [-0.25, -0.2) is 0 Å². The van der Waals surface area contributed by atoms with E-state index in [4.69, 9.17) is 5.73 Å². The van der Waals surface area contributed by atoms with Crippen molar-refractivity contribution in [1.82, 2.24) is 9.47 Å². The lowest BCUT2D eigenvalue weighted by Crippen LogP contribution is -2.28. The first-order valence-electron chi connectivity index (χ1n) is 4.93. The Labute approximate surface area is 79.1 Å². The smallest absolute Gasteiger partial charge is 0.0347 e. The van der Waals surface area contributed by atoms with Crippen LogP contribution in [-0.4, -0.2) is 35.1 Å². The highest BCUT2D eigenvalue weighted by Gasteiger charge is 2.17. The molecule has 1 unspecified atom stereocenters. The fourth-order valence-electron chi connectivity index (χ4n) is 1.84. The molecule has 72 valence electrons. The Hall–Kier alpha value is -0.800. The summed E-state index contributed by atoms with van der Waals surface area (Å²) in [5, 5.41) is 0. The zero-order valence-electron chi connectivity index (χ0n) is 7.89. The Morgan fingerprint density at radius 2 is 2.00 bits per heavy atom. The summed E-state index contributed by atoms with van der Waals surface area (Å²) >= 11 is 0. The van der Waals surface area contributed by atoms with Gasteiger partial charge in [0.15, 0.2) is 0 Å². The molecular weight excluding hydrogens is 162 g/mol. The third-order valence-electron chi connectivity index (χ3n) is 2.65. The second-order valence-electron chi connectivity index (χ2n) is 3.77. The number of aromatic nitrogens is 1. The average molecular weight is 179 g/mol. The third kappa shape index (κ3) is 2.32. The molecule has 1 atom stereocenters. The molecule has 0 amide bonds. The van der Waals surface area contributed by atoms with E-state index in [0.717, 1.165) is 26.1 Å². The fraction of sp³-hybridized carbons (Fsp3) is 0.600. The average Bonchev–Trinajstić information content (AvgIpc) is 2.71. The van der Waals surface area contributed by atoms with Gasteiger partial charge < -0.3 is 10.3 Å². The van der Waals surface area contributed by atoms with Crippen molar-refractivity contribution < 1.29 is 0 Å². The molecule has 0 bridgehead atoms. The van der Waals surface area contributed by atoms with Gasteiger partial charge >= 0.3 is 0 Å². The molecule has 2 heterocycles. The Morgan fingerprint density at radius 3 is 2.62 bits per heavy atom. The Morgan fingerprint density at radius 1 is 1.23 bits per heavy atom. The summed E-state index contributed by atoms with van der Waals surface area (Å²) in [4.78, 5) is 2.44. The molecule has 0 saturated carbocycles. The maximum atomic E-state index is 5.83. The molecule has 0 radical (unpaired) electrons. The normalized spacial score (nSPS) is 23.9. The second-order valence-corrected chi connectivity index (χ2v) is 3.77. The largest absolute Gasteiger partial charge is 0.353 e. The van der Waals surface area contributed by atoms with Gasteiger partial charge in [-0.05, 0) is 25.1 Å². The molecule has 13 heavy (non-hydrogen) atoms. The first-order valence-corrected chi connectivity index (χ1v) is 4.93. The van der Waals surface area contributed by atoms with Crippen LogP contribution in [-0.2, 0) is 6.54 Å². The van der Waals surface area contributed by atoms with Crippen molar-refractivity contribution in [2.45, 2.75) is 19.0 Å². The highest BCUT2D eigenvalue weighted by molar-refractivity contribution is 4.90. The number of rotatable bonds is 3. The van der Waals surface area contributed by atoms with Crippen molar-refractivity contribution in [2.75, 3.05) is 19.6 Å². The molecule has 1 aromatic heterocycles. The molecule has 0 aliphatic carbocycles. The standard InChI is InChI=1S/C10H17N3/c11-10-3-6-13(9-10)8-7-12-4-1-2-5-12/h1-2,4-5,10H,3,6-9,11H2. The van der Waals surface area contributed by atoms with Crippen LogP contribution >= 0.6 is 0 Å². The van der Waals surface area contributed by atoms with E-state index in [1.807, 2.05) is 0 Å². The van der Waals surface area contributed by atoms with Gasteiger partial charge in [0, 0.05) is 38.1 Å². The van der Waals surface area contributed by atoms with E-state index in [9.17, 15) is 0 Å². The van der Waals surface area contributed by atoms with Gasteiger partial charge in [-0.3, -0.25) is 4.90 Å². The Bertz CT molecular complexity index is 243. The van der Waals surface area contributed by atoms with Crippen LogP contribution in [0.5, 0.6) is 0 Å². The van der Waals surface area contributed by atoms with E-state index >= 15 is 0 Å². The first-order chi connectivity index (χ1) is 6.34. The van der Waals surface area contributed by atoms with Crippen molar-refractivity contribution in [1.29, 1.82) is 0 Å². The summed E-state index contributed by atoms with van der Waals surface area (Å²) in [5.74, 6) is 0. The molecule has 3 nitrogen and oxygen atoms in total. The van der Waals surface area contributed by atoms with Crippen molar-refractivity contribution in [2.24, 2.45) is 5.73 Å². The lowest BCUT2D eigenvalue weighted by Gasteiger charge is -2.15. The van der Waals surface area contributed by atoms with E-state index in [2.05, 4.69) is 34.0 Å². The minimum absolute atomic E-state index is 0.407. The van der Waals surface area contributed by atoms with Crippen LogP contribution in [0.1, 0.15) is 6.42 Å². The predicted octanol–water partition coefficient (Wildman–Crippen LogP) is 0.521. The summed E-state index contributed by atoms with van der Waals surface area (Å²) < 4.78 is 2.21. The number of hydrogen-bond donors (Lipinski definition) is 1. The zero-order chi connectivity index (χ0) is 9.10. The minimum Gasteiger partial charge on any atom is -0.353 e. The molecule has 0 aromatic carbocycles. The van der Waals surface area contributed by atoms with E-state index in [0.29, 0.717) is 6.04 Å². The van der Waals surface area contributed by atoms with E-state index in [1.165, 1.54) is 6.54 Å². The van der Waals surface area contributed by atoms with Gasteiger partial charge in [0.1, 0.15) is 0 Å². The van der Waals surface area contributed by atoms with Crippen molar-refractivity contribution in [3.63, 3.8) is 0 Å². The lowest BCUT2D eigenvalue weighted by molar-refractivity contribution is 0.319. The number of nitrogens with two attached hydrogens (primary N) is 1. The van der Waals surface area contributed by atoms with Gasteiger partial charge in [-0.2, -0.15) is 0 Å². The Kier molecular flexibility index (Phi) is 2.66. The number of nitrogens with zero attached hydrogens (tertiary/aromatic N) is 2. The highest BCUT2D eigenvalue weighted by atomic mass is 15.2. The number of hydrogen-bond acceptors (Lipinski definition) is 2. The molecule has 3 heteroatoms. The maximum Gasteiger partial charge on any atom is 0.0347 e. The SMILES string of the molecule is NC1CCN(CCn2cccc2)C1. The van der Waals surface area contributed by atoms with Crippen LogP contribution in [0.25, 0.3) is 0 Å². The van der Waals surface area contributed by atoms with Gasteiger partial charge in [-0.1, -0.05) is 0 Å². The zero-order valence-corrected chi connectivity index (χ0v) is 7.89. The van der Waals surface area contributed by atoms with Crippen LogP contribution < -0.4 is 5.73 Å². The van der Waals surface area contributed by atoms with Crippen LogP contribution in [0.2, 0.25) is 0 Å². The van der Waals surface area contributed by atoms with Crippen LogP contribution in [0, 0.1) is 0 Å². The van der Waals surface area contributed by atoms with Crippen molar-refractivity contribution in [3.05, 3.63) is 24.5 Å². The molecule has 0 spiro atoms. The quantitative estimate of drug-likeness (QED) is 0.734. The topological polar surface area (TPSA) is 34.2 Å².